The number of aliphatic hydroxyl groups is 2. The minimum Gasteiger partial charge on any atom is -0.461 e. The van der Waals surface area contributed by atoms with Crippen LogP contribution in [0.3, 0.4) is 0 Å². The van der Waals surface area contributed by atoms with Gasteiger partial charge in [0, 0.05) is 48.5 Å². The Morgan fingerprint density at radius 2 is 0.494 bits per heavy atom. The summed E-state index contributed by atoms with van der Waals surface area (Å²) in [5.41, 5.74) is 1.28. The Morgan fingerprint density at radius 1 is 0.303 bits per heavy atom. The molecule has 0 spiro atoms. The number of hydrogen-bond donors (Lipinski definition) is 2. The van der Waals surface area contributed by atoms with Crippen LogP contribution in [0, 0.1) is 0 Å². The van der Waals surface area contributed by atoms with Crippen molar-refractivity contribution in [3.05, 3.63) is 48.6 Å². The predicted molar refractivity (Wildman–Crippen MR) is 396 cm³/mol. The molecule has 0 radical (unpaired) electrons. The summed E-state index contributed by atoms with van der Waals surface area (Å²) in [6, 6.07) is 9.54. The molecule has 0 saturated carbocycles. The average molecular weight is 1400 g/mol. The molecular formula is C64H138N4O13Si8. The third-order valence-electron chi connectivity index (χ3n) is 15.1. The Hall–Kier alpha value is -1.62. The van der Waals surface area contributed by atoms with Gasteiger partial charge in [0.2, 0.25) is 0 Å². The molecule has 17 nitrogen and oxygen atoms in total. The third-order valence-corrected chi connectivity index (χ3v) is 45.8. The van der Waals surface area contributed by atoms with E-state index in [1.165, 1.54) is 101 Å². The molecule has 0 aromatic carbocycles. The summed E-state index contributed by atoms with van der Waals surface area (Å²) >= 11 is 0. The standard InChI is InChI=1S/C32H68N2O6Si4.C24H60N2O4Si4.C8H10O3/c1-29(2)31(35)37-23-21-33(5)19-15-17-25-41(7,8)39-43(11,12)27-28-44(13,14)40-42(9,10)26-18-16-20-34(6)22-24-38-32(36)30(3)4;1-25(17-19-27)15-11-13-21-31(3,4)29-33(7,8)23-24-34(9,10)30-32(5,6)22-14-12-16-26(2)18-20-28;1-5(2)7(9)11-8(10)6(3)4/h1,3,15-28H2,2,4-14H3;27-28H,11-24H2,1-10H3;1,3H2,2,4H3. The smallest absolute Gasteiger partial charge is 0.340 e. The summed E-state index contributed by atoms with van der Waals surface area (Å²) in [5, 5.41) is 18.1. The molecule has 0 aliphatic carbocycles. The first-order valence-corrected chi connectivity index (χ1v) is 58.0. The maximum absolute atomic E-state index is 11.5. The summed E-state index contributed by atoms with van der Waals surface area (Å²) < 4.78 is 42.5. The van der Waals surface area contributed by atoms with E-state index in [0.29, 0.717) is 24.4 Å². The van der Waals surface area contributed by atoms with Crippen molar-refractivity contribution in [2.24, 2.45) is 0 Å². The highest BCUT2D eigenvalue weighted by atomic mass is 28.4. The van der Waals surface area contributed by atoms with Gasteiger partial charge in [0.05, 0.1) is 13.2 Å². The molecule has 2 N–H and O–H groups in total. The van der Waals surface area contributed by atoms with Crippen LogP contribution in [0.25, 0.3) is 0 Å². The number of aliphatic hydroxyl groups excluding tert-OH is 2. The van der Waals surface area contributed by atoms with Gasteiger partial charge in [-0.1, -0.05) is 52.0 Å². The molecule has 89 heavy (non-hydrogen) atoms. The fourth-order valence-corrected chi connectivity index (χ4v) is 51.5. The molecule has 0 fully saturated rings. The molecule has 0 rings (SSSR count). The maximum Gasteiger partial charge on any atom is 0.340 e. The number of nitrogens with zero attached hydrogens (tertiary/aromatic N) is 4. The van der Waals surface area contributed by atoms with Crippen LogP contribution in [0.5, 0.6) is 0 Å². The van der Waals surface area contributed by atoms with Crippen LogP contribution in [0.4, 0.5) is 0 Å². The van der Waals surface area contributed by atoms with Crippen molar-refractivity contribution in [3.8, 4) is 0 Å². The Kier molecular flexibility index (Phi) is 47.0. The number of carbonyl (C=O) groups excluding carboxylic acids is 4. The zero-order valence-electron chi connectivity index (χ0n) is 61.8. The van der Waals surface area contributed by atoms with Gasteiger partial charge in [-0.2, -0.15) is 0 Å². The molecule has 0 unspecified atom stereocenters. The number of esters is 4. The van der Waals surface area contributed by atoms with Crippen LogP contribution >= 0.6 is 0 Å². The number of rotatable bonds is 48. The lowest BCUT2D eigenvalue weighted by Gasteiger charge is -2.38. The zero-order chi connectivity index (χ0) is 69.7. The highest BCUT2D eigenvalue weighted by Crippen LogP contribution is 2.32. The van der Waals surface area contributed by atoms with Gasteiger partial charge in [0.25, 0.3) is 0 Å². The third kappa shape index (κ3) is 54.3. The molecule has 0 atom stereocenters. The maximum atomic E-state index is 11.5. The summed E-state index contributed by atoms with van der Waals surface area (Å²) in [6.45, 7) is 66.9. The summed E-state index contributed by atoms with van der Waals surface area (Å²) in [7, 11) is -5.45. The van der Waals surface area contributed by atoms with Gasteiger partial charge in [0.1, 0.15) is 13.2 Å². The molecule has 0 aromatic heterocycles. The molecule has 524 valence electrons. The van der Waals surface area contributed by atoms with Crippen LogP contribution in [-0.4, -0.2) is 227 Å². The van der Waals surface area contributed by atoms with Crippen molar-refractivity contribution in [1.82, 2.24) is 19.6 Å². The molecule has 0 bridgehead atoms. The molecule has 0 heterocycles. The molecule has 0 aliphatic rings. The van der Waals surface area contributed by atoms with Gasteiger partial charge >= 0.3 is 23.9 Å². The van der Waals surface area contributed by atoms with Gasteiger partial charge in [-0.3, -0.25) is 0 Å². The number of carbonyl (C=O) groups is 4. The fourth-order valence-electron chi connectivity index (χ4n) is 10.2. The predicted octanol–water partition coefficient (Wildman–Crippen LogP) is 14.0. The Labute approximate surface area is 554 Å². The summed E-state index contributed by atoms with van der Waals surface area (Å²) in [5.74, 6) is -2.05. The minimum atomic E-state index is -1.79. The van der Waals surface area contributed by atoms with E-state index in [0.717, 1.165) is 65.2 Å². The second-order valence-electron chi connectivity index (χ2n) is 30.0. The van der Waals surface area contributed by atoms with Crippen molar-refractivity contribution in [2.75, 3.05) is 107 Å². The number of hydrogen-bond acceptors (Lipinski definition) is 17. The largest absolute Gasteiger partial charge is 0.461 e. The topological polar surface area (TPSA) is 186 Å². The lowest BCUT2D eigenvalue weighted by molar-refractivity contribution is -0.154. The van der Waals surface area contributed by atoms with E-state index in [-0.39, 0.29) is 36.3 Å². The zero-order valence-corrected chi connectivity index (χ0v) is 69.8. The second-order valence-corrected chi connectivity index (χ2v) is 65.5. The monoisotopic (exact) mass is 1390 g/mol. The second kappa shape index (κ2) is 45.7. The fraction of sp³-hybridized carbons (Fsp3) is 0.812. The first kappa shape index (κ1) is 91.6. The van der Waals surface area contributed by atoms with Crippen molar-refractivity contribution in [2.45, 2.75) is 232 Å². The SMILES string of the molecule is C=C(C)C(=O)OC(=O)C(=C)C.C=C(C)C(=O)OCCN(C)CCCC[Si](C)(C)O[Si](C)(C)CC[Si](C)(C)O[Si](C)(C)CCCCN(C)CCOC(=O)C(=C)C.CN(CCO)CCCC[Si](C)(C)O[Si](C)(C)CC[Si](C)(C)O[Si](C)(C)CCCCN(C)CCO. The van der Waals surface area contributed by atoms with Crippen molar-refractivity contribution in [1.29, 1.82) is 0 Å². The van der Waals surface area contributed by atoms with E-state index in [9.17, 15) is 19.2 Å². The van der Waals surface area contributed by atoms with Gasteiger partial charge in [-0.05, 0) is 261 Å². The Balaban J connectivity index is -0.00000145. The van der Waals surface area contributed by atoms with Crippen molar-refractivity contribution >= 4 is 90.4 Å². The van der Waals surface area contributed by atoms with Gasteiger partial charge < -0.3 is 60.5 Å². The van der Waals surface area contributed by atoms with Crippen molar-refractivity contribution in [3.63, 3.8) is 0 Å². The summed E-state index contributed by atoms with van der Waals surface area (Å²) in [4.78, 5) is 53.3. The molecule has 0 amide bonds. The van der Waals surface area contributed by atoms with E-state index in [1.807, 2.05) is 0 Å². The number of unbranched alkanes of at least 4 members (excludes halogenated alkanes) is 4. The number of likely N-dealkylation sites (N-methyl/N-ethyl adjacent to an activating group) is 4. The normalized spacial score (nSPS) is 12.8. The van der Waals surface area contributed by atoms with Crippen LogP contribution in [0.15, 0.2) is 48.6 Å². The highest BCUT2D eigenvalue weighted by Gasteiger charge is 2.39. The Bertz CT molecular complexity index is 1950. The van der Waals surface area contributed by atoms with Crippen LogP contribution in [-0.2, 0) is 49.8 Å². The highest BCUT2D eigenvalue weighted by molar-refractivity contribution is 6.89. The van der Waals surface area contributed by atoms with Gasteiger partial charge in [0.15, 0.2) is 66.5 Å². The van der Waals surface area contributed by atoms with E-state index in [2.05, 4.69) is 184 Å². The lowest BCUT2D eigenvalue weighted by atomic mass is 10.3. The van der Waals surface area contributed by atoms with E-state index in [1.54, 1.807) is 13.8 Å². The number of ether oxygens (including phenoxy) is 3. The lowest BCUT2D eigenvalue weighted by Crippen LogP contribution is -2.48. The first-order chi connectivity index (χ1) is 40.5. The summed E-state index contributed by atoms with van der Waals surface area (Å²) in [6.07, 6.45) is 9.40. The average Bonchev–Trinajstić information content (AvgIpc) is 3.08. The van der Waals surface area contributed by atoms with Crippen LogP contribution in [0.1, 0.15) is 79.1 Å². The van der Waals surface area contributed by atoms with E-state index < -0.39 is 78.5 Å². The molecule has 0 aromatic rings. The van der Waals surface area contributed by atoms with E-state index in [4.69, 9.17) is 36.1 Å². The molecule has 0 aliphatic heterocycles. The van der Waals surface area contributed by atoms with Crippen LogP contribution < -0.4 is 0 Å². The van der Waals surface area contributed by atoms with Gasteiger partial charge in [-0.15, -0.1) is 0 Å². The quantitative estimate of drug-likeness (QED) is 0.0146. The minimum absolute atomic E-state index is 0.194. The molecule has 25 heteroatoms. The first-order valence-electron chi connectivity index (χ1n) is 33.0. The molecule has 0 saturated heterocycles. The van der Waals surface area contributed by atoms with Crippen molar-refractivity contribution < 1.29 is 60.1 Å². The molecular weight excluding hydrogens is 1260 g/mol. The van der Waals surface area contributed by atoms with Crippen LogP contribution in [0.2, 0.25) is 153 Å². The Morgan fingerprint density at radius 3 is 0.685 bits per heavy atom. The van der Waals surface area contributed by atoms with E-state index >= 15 is 0 Å². The van der Waals surface area contributed by atoms with Gasteiger partial charge in [-0.25, -0.2) is 19.2 Å².